The van der Waals surface area contributed by atoms with Crippen molar-refractivity contribution in [1.29, 1.82) is 0 Å². The second-order valence-electron chi connectivity index (χ2n) is 5.03. The van der Waals surface area contributed by atoms with Crippen LogP contribution in [0.2, 0.25) is 0 Å². The topological polar surface area (TPSA) is 55.7 Å². The highest BCUT2D eigenvalue weighted by molar-refractivity contribution is 4.81. The number of hydrogen-bond donors (Lipinski definition) is 3. The molecule has 1 atom stereocenters. The molecule has 0 aliphatic carbocycles. The predicted octanol–water partition coefficient (Wildman–Crippen LogP) is -0.339. The van der Waals surface area contributed by atoms with Crippen LogP contribution in [0.3, 0.4) is 0 Å². The number of likely N-dealkylation sites (N-methyl/N-ethyl adjacent to an activating group) is 1. The van der Waals surface area contributed by atoms with Gasteiger partial charge in [0.1, 0.15) is 0 Å². The van der Waals surface area contributed by atoms with Gasteiger partial charge in [0.2, 0.25) is 0 Å². The van der Waals surface area contributed by atoms with Gasteiger partial charge in [-0.3, -0.25) is 0 Å². The van der Waals surface area contributed by atoms with Gasteiger partial charge < -0.3 is 20.4 Å². The number of nitrogens with zero attached hydrogens (tertiary/aromatic N) is 1. The molecule has 0 spiro atoms. The first kappa shape index (κ1) is 12.9. The summed E-state index contributed by atoms with van der Waals surface area (Å²) < 4.78 is 0. The molecule has 0 saturated carbocycles. The maximum atomic E-state index is 9.12. The zero-order valence-electron chi connectivity index (χ0n) is 9.87. The minimum Gasteiger partial charge on any atom is -0.396 e. The Labute approximate surface area is 92.3 Å². The molecule has 90 valence electrons. The summed E-state index contributed by atoms with van der Waals surface area (Å²) in [6, 6.07) is 0.617. The number of hydrogen-bond acceptors (Lipinski definition) is 4. The summed E-state index contributed by atoms with van der Waals surface area (Å²) in [6.45, 7) is 4.74. The minimum atomic E-state index is -0.392. The maximum absolute atomic E-state index is 9.12. The molecule has 4 nitrogen and oxygen atoms in total. The van der Waals surface area contributed by atoms with E-state index in [1.807, 2.05) is 6.92 Å². The van der Waals surface area contributed by atoms with Crippen molar-refractivity contribution in [2.75, 3.05) is 39.9 Å². The van der Waals surface area contributed by atoms with Gasteiger partial charge in [-0.2, -0.15) is 0 Å². The fraction of sp³-hybridized carbons (Fsp3) is 1.00. The Balaban J connectivity index is 2.20. The first-order valence-corrected chi connectivity index (χ1v) is 5.74. The van der Waals surface area contributed by atoms with Crippen LogP contribution in [0.5, 0.6) is 0 Å². The summed E-state index contributed by atoms with van der Waals surface area (Å²) in [5.74, 6) is 0. The molecule has 3 N–H and O–H groups in total. The quantitative estimate of drug-likeness (QED) is 0.569. The van der Waals surface area contributed by atoms with Crippen LogP contribution in [0.15, 0.2) is 0 Å². The molecule has 1 aliphatic rings. The Kier molecular flexibility index (Phi) is 4.99. The zero-order chi connectivity index (χ0) is 11.3. The molecular formula is C11H24N2O2. The Morgan fingerprint density at radius 1 is 1.40 bits per heavy atom. The lowest BCUT2D eigenvalue weighted by atomic mass is 9.93. The van der Waals surface area contributed by atoms with Crippen LogP contribution in [-0.4, -0.2) is 61.1 Å². The molecule has 0 aromatic rings. The average molecular weight is 216 g/mol. The largest absolute Gasteiger partial charge is 0.396 e. The molecule has 15 heavy (non-hydrogen) atoms. The summed E-state index contributed by atoms with van der Waals surface area (Å²) in [4.78, 5) is 2.36. The lowest BCUT2D eigenvalue weighted by Gasteiger charge is -2.27. The van der Waals surface area contributed by atoms with Crippen molar-refractivity contribution < 1.29 is 10.2 Å². The van der Waals surface area contributed by atoms with Crippen LogP contribution in [0.4, 0.5) is 0 Å². The van der Waals surface area contributed by atoms with Crippen LogP contribution < -0.4 is 5.32 Å². The molecule has 0 aromatic carbocycles. The third-order valence-electron chi connectivity index (χ3n) is 3.37. The van der Waals surface area contributed by atoms with Crippen molar-refractivity contribution in [2.24, 2.45) is 5.41 Å². The highest BCUT2D eigenvalue weighted by Gasteiger charge is 2.24. The third kappa shape index (κ3) is 3.72. The highest BCUT2D eigenvalue weighted by atomic mass is 16.3. The lowest BCUT2D eigenvalue weighted by Crippen LogP contribution is -2.43. The van der Waals surface area contributed by atoms with Crippen LogP contribution in [0.25, 0.3) is 0 Å². The van der Waals surface area contributed by atoms with E-state index in [0.717, 1.165) is 6.54 Å². The molecule has 1 fully saturated rings. The Morgan fingerprint density at radius 2 is 2.07 bits per heavy atom. The number of aliphatic hydroxyl groups is 2. The first-order chi connectivity index (χ1) is 7.11. The van der Waals surface area contributed by atoms with Crippen LogP contribution in [0, 0.1) is 5.41 Å². The maximum Gasteiger partial charge on any atom is 0.0518 e. The summed E-state index contributed by atoms with van der Waals surface area (Å²) in [6.07, 6.45) is 2.53. The van der Waals surface area contributed by atoms with Gasteiger partial charge in [-0.1, -0.05) is 6.92 Å². The van der Waals surface area contributed by atoms with E-state index >= 15 is 0 Å². The van der Waals surface area contributed by atoms with E-state index in [1.165, 1.54) is 19.4 Å². The molecule has 0 radical (unpaired) electrons. The molecule has 0 amide bonds. The van der Waals surface area contributed by atoms with E-state index in [2.05, 4.69) is 17.3 Å². The van der Waals surface area contributed by atoms with Gasteiger partial charge in [-0.15, -0.1) is 0 Å². The Hall–Kier alpha value is -0.160. The highest BCUT2D eigenvalue weighted by Crippen LogP contribution is 2.15. The second-order valence-corrected chi connectivity index (χ2v) is 5.03. The monoisotopic (exact) mass is 216 g/mol. The van der Waals surface area contributed by atoms with Crippen LogP contribution in [0.1, 0.15) is 19.8 Å². The minimum absolute atomic E-state index is 0.0248. The fourth-order valence-electron chi connectivity index (χ4n) is 1.94. The molecule has 1 aliphatic heterocycles. The fourth-order valence-corrected chi connectivity index (χ4v) is 1.94. The van der Waals surface area contributed by atoms with Crippen molar-refractivity contribution in [3.8, 4) is 0 Å². The zero-order valence-corrected chi connectivity index (χ0v) is 9.87. The smallest absolute Gasteiger partial charge is 0.0518 e. The molecule has 1 rings (SSSR count). The normalized spacial score (nSPS) is 23.6. The third-order valence-corrected chi connectivity index (χ3v) is 3.37. The molecule has 1 saturated heterocycles. The SMILES string of the molecule is CN1CCCC1CNCC(C)(CO)CO. The van der Waals surface area contributed by atoms with E-state index in [4.69, 9.17) is 10.2 Å². The first-order valence-electron chi connectivity index (χ1n) is 5.74. The molecular weight excluding hydrogens is 192 g/mol. The van der Waals surface area contributed by atoms with Crippen molar-refractivity contribution in [2.45, 2.75) is 25.8 Å². The van der Waals surface area contributed by atoms with Crippen molar-refractivity contribution >= 4 is 0 Å². The van der Waals surface area contributed by atoms with Crippen LogP contribution in [-0.2, 0) is 0 Å². The van der Waals surface area contributed by atoms with E-state index in [-0.39, 0.29) is 13.2 Å². The average Bonchev–Trinajstić information content (AvgIpc) is 2.64. The Bertz CT molecular complexity index is 183. The Morgan fingerprint density at radius 3 is 2.53 bits per heavy atom. The standard InChI is InChI=1S/C11H24N2O2/c1-11(8-14,9-15)7-12-6-10-4-3-5-13(10)2/h10,12,14-15H,3-9H2,1-2H3. The van der Waals surface area contributed by atoms with Crippen molar-refractivity contribution in [3.63, 3.8) is 0 Å². The summed E-state index contributed by atoms with van der Waals surface area (Å²) in [5.41, 5.74) is -0.392. The molecule has 1 unspecified atom stereocenters. The van der Waals surface area contributed by atoms with E-state index in [1.54, 1.807) is 0 Å². The molecule has 1 heterocycles. The summed E-state index contributed by atoms with van der Waals surface area (Å²) in [5, 5.41) is 21.6. The van der Waals surface area contributed by atoms with Gasteiger partial charge in [0.05, 0.1) is 13.2 Å². The summed E-state index contributed by atoms with van der Waals surface area (Å²) in [7, 11) is 2.15. The lowest BCUT2D eigenvalue weighted by molar-refractivity contribution is 0.0686. The number of rotatable bonds is 6. The van der Waals surface area contributed by atoms with Gasteiger partial charge in [0.25, 0.3) is 0 Å². The van der Waals surface area contributed by atoms with Crippen LogP contribution >= 0.6 is 0 Å². The molecule has 0 aromatic heterocycles. The summed E-state index contributed by atoms with van der Waals surface area (Å²) >= 11 is 0. The number of likely N-dealkylation sites (tertiary alicyclic amines) is 1. The number of nitrogens with one attached hydrogen (secondary N) is 1. The number of aliphatic hydroxyl groups excluding tert-OH is 2. The van der Waals surface area contributed by atoms with E-state index < -0.39 is 5.41 Å². The van der Waals surface area contributed by atoms with Gasteiger partial charge in [0.15, 0.2) is 0 Å². The van der Waals surface area contributed by atoms with Gasteiger partial charge >= 0.3 is 0 Å². The molecule has 0 bridgehead atoms. The predicted molar refractivity (Wildman–Crippen MR) is 60.8 cm³/mol. The van der Waals surface area contributed by atoms with Crippen molar-refractivity contribution in [3.05, 3.63) is 0 Å². The van der Waals surface area contributed by atoms with E-state index in [9.17, 15) is 0 Å². The second kappa shape index (κ2) is 5.80. The van der Waals surface area contributed by atoms with E-state index in [0.29, 0.717) is 12.6 Å². The van der Waals surface area contributed by atoms with Gasteiger partial charge in [-0.25, -0.2) is 0 Å². The van der Waals surface area contributed by atoms with Crippen molar-refractivity contribution in [1.82, 2.24) is 10.2 Å². The van der Waals surface area contributed by atoms with Gasteiger partial charge in [-0.05, 0) is 26.4 Å². The van der Waals surface area contributed by atoms with Gasteiger partial charge in [0, 0.05) is 24.5 Å². The molecule has 4 heteroatoms.